The minimum absolute atomic E-state index is 0.139. The predicted octanol–water partition coefficient (Wildman–Crippen LogP) is 4.25. The number of hydrogen-bond donors (Lipinski definition) is 1. The molecule has 0 saturated carbocycles. The van der Waals surface area contributed by atoms with Crippen LogP contribution < -0.4 is 5.32 Å². The molecule has 1 heterocycles. The van der Waals surface area contributed by atoms with E-state index in [1.807, 2.05) is 42.5 Å². The van der Waals surface area contributed by atoms with Gasteiger partial charge in [0.15, 0.2) is 0 Å². The fourth-order valence-electron chi connectivity index (χ4n) is 2.02. The van der Waals surface area contributed by atoms with Crippen molar-refractivity contribution in [1.82, 2.24) is 4.98 Å². The molecule has 1 amide bonds. The number of amides is 1. The number of benzene rings is 2. The van der Waals surface area contributed by atoms with Gasteiger partial charge in [0.05, 0.1) is 11.2 Å². The summed E-state index contributed by atoms with van der Waals surface area (Å²) in [7, 11) is 0. The smallest absolute Gasteiger partial charge is 0.255 e. The summed E-state index contributed by atoms with van der Waals surface area (Å²) < 4.78 is 0.957. The summed E-state index contributed by atoms with van der Waals surface area (Å²) in [5.41, 5.74) is 2.10. The van der Waals surface area contributed by atoms with Crippen LogP contribution in [0.5, 0.6) is 0 Å². The Kier molecular flexibility index (Phi) is 3.48. The number of hydrogen-bond acceptors (Lipinski definition) is 2. The number of halogens is 1. The van der Waals surface area contributed by atoms with Gasteiger partial charge < -0.3 is 5.32 Å². The SMILES string of the molecule is O=C(Nc1ccc(Br)c2cccnc12)c1ccccc1. The molecule has 98 valence electrons. The summed E-state index contributed by atoms with van der Waals surface area (Å²) in [5.74, 6) is -0.139. The highest BCUT2D eigenvalue weighted by Gasteiger charge is 2.09. The molecule has 0 bridgehead atoms. The first-order chi connectivity index (χ1) is 9.75. The van der Waals surface area contributed by atoms with Crippen molar-refractivity contribution >= 4 is 38.4 Å². The Morgan fingerprint density at radius 1 is 1.00 bits per heavy atom. The van der Waals surface area contributed by atoms with Crippen LogP contribution in [0.3, 0.4) is 0 Å². The van der Waals surface area contributed by atoms with Crippen molar-refractivity contribution in [1.29, 1.82) is 0 Å². The van der Waals surface area contributed by atoms with E-state index in [1.165, 1.54) is 0 Å². The highest BCUT2D eigenvalue weighted by molar-refractivity contribution is 9.10. The zero-order valence-electron chi connectivity index (χ0n) is 10.5. The van der Waals surface area contributed by atoms with Crippen molar-refractivity contribution < 1.29 is 4.79 Å². The van der Waals surface area contributed by atoms with Crippen LogP contribution in [0.4, 0.5) is 5.69 Å². The van der Waals surface area contributed by atoms with Gasteiger partial charge in [0.25, 0.3) is 5.91 Å². The molecule has 0 aliphatic heterocycles. The maximum Gasteiger partial charge on any atom is 0.255 e. The van der Waals surface area contributed by atoms with Crippen molar-refractivity contribution in [2.45, 2.75) is 0 Å². The molecule has 0 spiro atoms. The molecule has 1 N–H and O–H groups in total. The largest absolute Gasteiger partial charge is 0.320 e. The average Bonchev–Trinajstić information content (AvgIpc) is 2.51. The lowest BCUT2D eigenvalue weighted by atomic mass is 10.1. The molecule has 0 aliphatic carbocycles. The van der Waals surface area contributed by atoms with Gasteiger partial charge in [0, 0.05) is 21.6 Å². The molecule has 2 aromatic carbocycles. The van der Waals surface area contributed by atoms with E-state index in [4.69, 9.17) is 0 Å². The molecule has 20 heavy (non-hydrogen) atoms. The Balaban J connectivity index is 2.00. The van der Waals surface area contributed by atoms with E-state index in [2.05, 4.69) is 26.2 Å². The van der Waals surface area contributed by atoms with Gasteiger partial charge in [-0.2, -0.15) is 0 Å². The minimum Gasteiger partial charge on any atom is -0.320 e. The summed E-state index contributed by atoms with van der Waals surface area (Å²) in [6.45, 7) is 0. The van der Waals surface area contributed by atoms with Crippen LogP contribution in [-0.4, -0.2) is 10.9 Å². The molecule has 1 aromatic heterocycles. The summed E-state index contributed by atoms with van der Waals surface area (Å²) in [5, 5.41) is 3.88. The Bertz CT molecular complexity index is 772. The summed E-state index contributed by atoms with van der Waals surface area (Å²) >= 11 is 3.49. The molecule has 3 rings (SSSR count). The molecular weight excluding hydrogens is 316 g/mol. The summed E-state index contributed by atoms with van der Waals surface area (Å²) in [6, 6.07) is 16.7. The van der Waals surface area contributed by atoms with Crippen LogP contribution in [0.15, 0.2) is 65.3 Å². The maximum atomic E-state index is 12.2. The van der Waals surface area contributed by atoms with Crippen LogP contribution >= 0.6 is 15.9 Å². The van der Waals surface area contributed by atoms with E-state index in [0.29, 0.717) is 11.3 Å². The second-order valence-electron chi connectivity index (χ2n) is 4.31. The number of nitrogens with zero attached hydrogens (tertiary/aromatic N) is 1. The van der Waals surface area contributed by atoms with E-state index >= 15 is 0 Å². The Labute approximate surface area is 124 Å². The number of aromatic nitrogens is 1. The maximum absolute atomic E-state index is 12.2. The number of carbonyl (C=O) groups is 1. The first-order valence-electron chi connectivity index (χ1n) is 6.15. The second kappa shape index (κ2) is 5.43. The third-order valence-electron chi connectivity index (χ3n) is 3.00. The highest BCUT2D eigenvalue weighted by atomic mass is 79.9. The monoisotopic (exact) mass is 326 g/mol. The topological polar surface area (TPSA) is 42.0 Å². The average molecular weight is 327 g/mol. The van der Waals surface area contributed by atoms with E-state index in [1.54, 1.807) is 18.3 Å². The van der Waals surface area contributed by atoms with E-state index < -0.39 is 0 Å². The van der Waals surface area contributed by atoms with Crippen molar-refractivity contribution in [3.63, 3.8) is 0 Å². The summed E-state index contributed by atoms with van der Waals surface area (Å²) in [4.78, 5) is 16.5. The Morgan fingerprint density at radius 2 is 1.80 bits per heavy atom. The van der Waals surface area contributed by atoms with Gasteiger partial charge in [-0.1, -0.05) is 40.2 Å². The van der Waals surface area contributed by atoms with Gasteiger partial charge >= 0.3 is 0 Å². The number of fused-ring (bicyclic) bond motifs is 1. The van der Waals surface area contributed by atoms with E-state index in [0.717, 1.165) is 15.4 Å². The zero-order chi connectivity index (χ0) is 13.9. The first kappa shape index (κ1) is 12.8. The molecule has 0 atom stereocenters. The fourth-order valence-corrected chi connectivity index (χ4v) is 2.47. The first-order valence-corrected chi connectivity index (χ1v) is 6.94. The number of nitrogens with one attached hydrogen (secondary N) is 1. The highest BCUT2D eigenvalue weighted by Crippen LogP contribution is 2.28. The molecule has 0 saturated heterocycles. The van der Waals surface area contributed by atoms with Gasteiger partial charge in [0.2, 0.25) is 0 Å². The van der Waals surface area contributed by atoms with Crippen molar-refractivity contribution in [3.05, 3.63) is 70.8 Å². The third-order valence-corrected chi connectivity index (χ3v) is 3.69. The predicted molar refractivity (Wildman–Crippen MR) is 83.8 cm³/mol. The van der Waals surface area contributed by atoms with Crippen molar-refractivity contribution in [3.8, 4) is 0 Å². The Morgan fingerprint density at radius 3 is 2.60 bits per heavy atom. The van der Waals surface area contributed by atoms with Crippen molar-refractivity contribution in [2.75, 3.05) is 5.32 Å². The third kappa shape index (κ3) is 2.42. The Hall–Kier alpha value is -2.20. The quantitative estimate of drug-likeness (QED) is 0.764. The normalized spacial score (nSPS) is 10.4. The van der Waals surface area contributed by atoms with Crippen LogP contribution in [0.1, 0.15) is 10.4 Å². The van der Waals surface area contributed by atoms with Gasteiger partial charge in [-0.05, 0) is 30.3 Å². The van der Waals surface area contributed by atoms with Crippen LogP contribution in [0.2, 0.25) is 0 Å². The van der Waals surface area contributed by atoms with Gasteiger partial charge in [-0.3, -0.25) is 9.78 Å². The van der Waals surface area contributed by atoms with Gasteiger partial charge in [-0.25, -0.2) is 0 Å². The lowest BCUT2D eigenvalue weighted by Gasteiger charge is -2.09. The standard InChI is InChI=1S/C16H11BrN2O/c17-13-8-9-14(15-12(13)7-4-10-18-15)19-16(20)11-5-2-1-3-6-11/h1-10H,(H,19,20). The molecule has 0 radical (unpaired) electrons. The number of pyridine rings is 1. The molecule has 0 unspecified atom stereocenters. The molecule has 3 aromatic rings. The fraction of sp³-hybridized carbons (Fsp3) is 0. The van der Waals surface area contributed by atoms with Gasteiger partial charge in [-0.15, -0.1) is 0 Å². The number of carbonyl (C=O) groups excluding carboxylic acids is 1. The molecule has 3 nitrogen and oxygen atoms in total. The molecule has 0 aliphatic rings. The lowest BCUT2D eigenvalue weighted by molar-refractivity contribution is 0.102. The van der Waals surface area contributed by atoms with E-state index in [-0.39, 0.29) is 5.91 Å². The molecule has 0 fully saturated rings. The molecular formula is C16H11BrN2O. The minimum atomic E-state index is -0.139. The van der Waals surface area contributed by atoms with Crippen LogP contribution in [-0.2, 0) is 0 Å². The van der Waals surface area contributed by atoms with Crippen LogP contribution in [0, 0.1) is 0 Å². The van der Waals surface area contributed by atoms with Gasteiger partial charge in [0.1, 0.15) is 0 Å². The van der Waals surface area contributed by atoms with E-state index in [9.17, 15) is 4.79 Å². The number of rotatable bonds is 2. The van der Waals surface area contributed by atoms with Crippen molar-refractivity contribution in [2.24, 2.45) is 0 Å². The molecule has 4 heteroatoms. The zero-order valence-corrected chi connectivity index (χ0v) is 12.1. The number of anilines is 1. The second-order valence-corrected chi connectivity index (χ2v) is 5.17. The summed E-state index contributed by atoms with van der Waals surface area (Å²) in [6.07, 6.45) is 1.72. The lowest BCUT2D eigenvalue weighted by Crippen LogP contribution is -2.12. The van der Waals surface area contributed by atoms with Crippen LogP contribution in [0.25, 0.3) is 10.9 Å².